The predicted molar refractivity (Wildman–Crippen MR) is 165 cm³/mol. The lowest BCUT2D eigenvalue weighted by atomic mass is 9.80. The molecule has 39 heavy (non-hydrogen) atoms. The van der Waals surface area contributed by atoms with Crippen molar-refractivity contribution in [2.75, 3.05) is 4.90 Å². The fourth-order valence-corrected chi connectivity index (χ4v) is 7.10. The van der Waals surface area contributed by atoms with Gasteiger partial charge in [-0.15, -0.1) is 0 Å². The second-order valence-electron chi connectivity index (χ2n) is 11.1. The highest BCUT2D eigenvalue weighted by molar-refractivity contribution is 6.10. The van der Waals surface area contributed by atoms with Crippen molar-refractivity contribution >= 4 is 44.5 Å². The van der Waals surface area contributed by atoms with E-state index in [0.29, 0.717) is 5.92 Å². The molecule has 0 radical (unpaired) electrons. The Morgan fingerprint density at radius 1 is 0.692 bits per heavy atom. The van der Waals surface area contributed by atoms with Crippen LogP contribution < -0.4 is 4.90 Å². The molecule has 2 unspecified atom stereocenters. The molecular weight excluding hydrogens is 472 g/mol. The van der Waals surface area contributed by atoms with Crippen LogP contribution in [0.2, 0.25) is 0 Å². The van der Waals surface area contributed by atoms with Crippen LogP contribution in [-0.4, -0.2) is 10.1 Å². The van der Waals surface area contributed by atoms with Gasteiger partial charge in [0.1, 0.15) is 0 Å². The van der Waals surface area contributed by atoms with E-state index < -0.39 is 0 Å². The van der Waals surface area contributed by atoms with Gasteiger partial charge in [-0.2, -0.15) is 0 Å². The SMILES string of the molecule is CC12C=CC=CC1c1ccccc1N2c1ccc(C2=CC=C(n3c4ccccc4c4ccccc43)CC2)cc1. The normalized spacial score (nSPS) is 21.7. The van der Waals surface area contributed by atoms with Crippen molar-refractivity contribution in [3.8, 4) is 0 Å². The Bertz CT molecular complexity index is 1830. The Morgan fingerprint density at radius 3 is 2.10 bits per heavy atom. The molecule has 2 aliphatic carbocycles. The van der Waals surface area contributed by atoms with Crippen LogP contribution in [0.15, 0.2) is 134 Å². The third kappa shape index (κ3) is 3.28. The second-order valence-corrected chi connectivity index (χ2v) is 11.1. The van der Waals surface area contributed by atoms with E-state index in [-0.39, 0.29) is 5.54 Å². The number of allylic oxidation sites excluding steroid dienone is 6. The van der Waals surface area contributed by atoms with E-state index in [1.807, 2.05) is 0 Å². The number of para-hydroxylation sites is 3. The zero-order valence-corrected chi connectivity index (χ0v) is 22.1. The number of aromatic nitrogens is 1. The van der Waals surface area contributed by atoms with Gasteiger partial charge in [0.15, 0.2) is 0 Å². The number of fused-ring (bicyclic) bond motifs is 6. The fraction of sp³-hybridized carbons (Fsp3) is 0.135. The third-order valence-corrected chi connectivity index (χ3v) is 8.96. The minimum absolute atomic E-state index is 0.0932. The Kier molecular flexibility index (Phi) is 4.87. The van der Waals surface area contributed by atoms with Crippen molar-refractivity contribution < 1.29 is 0 Å². The van der Waals surface area contributed by atoms with Gasteiger partial charge >= 0.3 is 0 Å². The van der Waals surface area contributed by atoms with E-state index in [2.05, 4.69) is 150 Å². The summed E-state index contributed by atoms with van der Waals surface area (Å²) in [5, 5.41) is 2.64. The third-order valence-electron chi connectivity index (χ3n) is 8.96. The molecule has 0 spiro atoms. The van der Waals surface area contributed by atoms with Crippen molar-refractivity contribution in [2.45, 2.75) is 31.2 Å². The lowest BCUT2D eigenvalue weighted by Gasteiger charge is -2.39. The highest BCUT2D eigenvalue weighted by Crippen LogP contribution is 2.53. The molecule has 2 heterocycles. The van der Waals surface area contributed by atoms with Crippen LogP contribution in [0.4, 0.5) is 11.4 Å². The average Bonchev–Trinajstić information content (AvgIpc) is 3.47. The standard InChI is InChI=1S/C37H30N2/c1-37-25-9-8-13-33(37)32-12-4-7-16-36(32)39(37)29-23-19-27(20-24-29)26-17-21-28(22-18-26)38-34-14-5-2-10-30(34)31-11-3-6-15-35(31)38/h2-17,19-21,23-25,33H,18,22H2,1H3. The van der Waals surface area contributed by atoms with Crippen molar-refractivity contribution in [1.29, 1.82) is 0 Å². The second kappa shape index (κ2) is 8.47. The molecular formula is C37H30N2. The van der Waals surface area contributed by atoms with E-state index >= 15 is 0 Å². The molecule has 0 bridgehead atoms. The number of hydrogen-bond donors (Lipinski definition) is 0. The maximum Gasteiger partial charge on any atom is 0.0712 e. The van der Waals surface area contributed by atoms with Gasteiger partial charge in [0, 0.05) is 33.8 Å². The molecule has 5 aromatic rings. The molecule has 0 fully saturated rings. The van der Waals surface area contributed by atoms with Gasteiger partial charge in [0.05, 0.1) is 16.6 Å². The Hall–Kier alpha value is -4.56. The number of anilines is 2. The summed E-state index contributed by atoms with van der Waals surface area (Å²) in [4.78, 5) is 2.52. The van der Waals surface area contributed by atoms with Crippen LogP contribution in [0.1, 0.15) is 36.8 Å². The Balaban J connectivity index is 1.14. The smallest absolute Gasteiger partial charge is 0.0712 e. The minimum Gasteiger partial charge on any atom is -0.331 e. The van der Waals surface area contributed by atoms with Crippen molar-refractivity contribution in [3.05, 3.63) is 145 Å². The number of benzene rings is 4. The van der Waals surface area contributed by atoms with Crippen LogP contribution in [0.5, 0.6) is 0 Å². The summed E-state index contributed by atoms with van der Waals surface area (Å²) in [6.07, 6.45) is 15.8. The first-order chi connectivity index (χ1) is 19.2. The zero-order valence-electron chi connectivity index (χ0n) is 22.1. The summed E-state index contributed by atoms with van der Waals surface area (Å²) in [6, 6.07) is 35.6. The lowest BCUT2D eigenvalue weighted by Crippen LogP contribution is -2.41. The molecule has 2 atom stereocenters. The Labute approximate surface area is 229 Å². The summed E-state index contributed by atoms with van der Waals surface area (Å²) in [6.45, 7) is 2.36. The summed E-state index contributed by atoms with van der Waals surface area (Å²) in [5.41, 5.74) is 10.5. The van der Waals surface area contributed by atoms with E-state index in [0.717, 1.165) is 12.8 Å². The molecule has 1 aromatic heterocycles. The van der Waals surface area contributed by atoms with Crippen LogP contribution in [0.25, 0.3) is 33.1 Å². The van der Waals surface area contributed by atoms with Gasteiger partial charge in [-0.05, 0) is 72.9 Å². The summed E-state index contributed by atoms with van der Waals surface area (Å²) >= 11 is 0. The predicted octanol–water partition coefficient (Wildman–Crippen LogP) is 9.63. The molecule has 0 saturated carbocycles. The van der Waals surface area contributed by atoms with E-state index in [4.69, 9.17) is 0 Å². The summed E-state index contributed by atoms with van der Waals surface area (Å²) in [5.74, 6) is 0.365. The topological polar surface area (TPSA) is 8.17 Å². The van der Waals surface area contributed by atoms with Crippen LogP contribution in [0.3, 0.4) is 0 Å². The Morgan fingerprint density at radius 2 is 1.38 bits per heavy atom. The van der Waals surface area contributed by atoms with Crippen LogP contribution in [-0.2, 0) is 0 Å². The van der Waals surface area contributed by atoms with Crippen molar-refractivity contribution in [3.63, 3.8) is 0 Å². The van der Waals surface area contributed by atoms with Crippen LogP contribution in [0, 0.1) is 0 Å². The minimum atomic E-state index is -0.0932. The molecule has 0 N–H and O–H groups in total. The van der Waals surface area contributed by atoms with E-state index in [1.54, 1.807) is 0 Å². The molecule has 3 aliphatic rings. The van der Waals surface area contributed by atoms with Crippen molar-refractivity contribution in [1.82, 2.24) is 4.57 Å². The maximum absolute atomic E-state index is 2.52. The molecule has 1 aliphatic heterocycles. The highest BCUT2D eigenvalue weighted by atomic mass is 15.2. The van der Waals surface area contributed by atoms with Crippen molar-refractivity contribution in [2.24, 2.45) is 0 Å². The van der Waals surface area contributed by atoms with Crippen LogP contribution >= 0.6 is 0 Å². The van der Waals surface area contributed by atoms with Gasteiger partial charge in [-0.3, -0.25) is 0 Å². The highest BCUT2D eigenvalue weighted by Gasteiger charge is 2.46. The largest absolute Gasteiger partial charge is 0.331 e. The average molecular weight is 503 g/mol. The van der Waals surface area contributed by atoms with E-state index in [1.165, 1.54) is 55.6 Å². The monoisotopic (exact) mass is 502 g/mol. The molecule has 8 rings (SSSR count). The molecule has 2 nitrogen and oxygen atoms in total. The number of rotatable bonds is 3. The first-order valence-corrected chi connectivity index (χ1v) is 14.0. The van der Waals surface area contributed by atoms with Gasteiger partial charge in [0.25, 0.3) is 0 Å². The molecule has 4 aromatic carbocycles. The van der Waals surface area contributed by atoms with Gasteiger partial charge < -0.3 is 9.47 Å². The molecule has 0 amide bonds. The fourth-order valence-electron chi connectivity index (χ4n) is 7.10. The molecule has 0 saturated heterocycles. The van der Waals surface area contributed by atoms with Gasteiger partial charge in [-0.1, -0.05) is 97.1 Å². The number of nitrogens with zero attached hydrogens (tertiary/aromatic N) is 2. The molecule has 2 heteroatoms. The summed E-state index contributed by atoms with van der Waals surface area (Å²) < 4.78 is 2.45. The zero-order chi connectivity index (χ0) is 26.0. The van der Waals surface area contributed by atoms with Gasteiger partial charge in [0.2, 0.25) is 0 Å². The first kappa shape index (κ1) is 22.4. The van der Waals surface area contributed by atoms with Gasteiger partial charge in [-0.25, -0.2) is 0 Å². The summed E-state index contributed by atoms with van der Waals surface area (Å²) in [7, 11) is 0. The maximum atomic E-state index is 2.52. The number of hydrogen-bond acceptors (Lipinski definition) is 1. The molecule has 188 valence electrons. The first-order valence-electron chi connectivity index (χ1n) is 14.0. The quantitative estimate of drug-likeness (QED) is 0.238. The van der Waals surface area contributed by atoms with E-state index in [9.17, 15) is 0 Å². The lowest BCUT2D eigenvalue weighted by molar-refractivity contribution is 0.542.